The normalized spacial score (nSPS) is 33.3. The van der Waals surface area contributed by atoms with Gasteiger partial charge in [0.25, 0.3) is 0 Å². The summed E-state index contributed by atoms with van der Waals surface area (Å²) in [6, 6.07) is 0.523. The maximum absolute atomic E-state index is 11.1. The molecule has 90 valence electrons. The molecule has 0 aromatic rings. The Morgan fingerprint density at radius 3 is 2.94 bits per heavy atom. The van der Waals surface area contributed by atoms with Crippen molar-refractivity contribution in [3.8, 4) is 0 Å². The van der Waals surface area contributed by atoms with Crippen LogP contribution < -0.4 is 10.6 Å². The third-order valence-corrected chi connectivity index (χ3v) is 3.41. The molecule has 0 aliphatic carbocycles. The van der Waals surface area contributed by atoms with Gasteiger partial charge in [-0.1, -0.05) is 0 Å². The van der Waals surface area contributed by atoms with Crippen LogP contribution in [0.3, 0.4) is 0 Å². The van der Waals surface area contributed by atoms with Gasteiger partial charge in [-0.2, -0.15) is 0 Å². The van der Waals surface area contributed by atoms with Gasteiger partial charge in [0.1, 0.15) is 0 Å². The van der Waals surface area contributed by atoms with Gasteiger partial charge in [-0.15, -0.1) is 0 Å². The average molecular weight is 227 g/mol. The third kappa shape index (κ3) is 2.11. The van der Waals surface area contributed by atoms with Gasteiger partial charge in [0.2, 0.25) is 0 Å². The molecule has 2 saturated heterocycles. The van der Waals surface area contributed by atoms with Crippen LogP contribution in [0.1, 0.15) is 19.8 Å². The molecule has 2 rings (SSSR count). The molecule has 0 spiro atoms. The molecule has 2 fully saturated rings. The molecule has 0 aromatic heterocycles. The van der Waals surface area contributed by atoms with Crippen molar-refractivity contribution in [2.24, 2.45) is 0 Å². The van der Waals surface area contributed by atoms with Crippen molar-refractivity contribution >= 4 is 12.0 Å². The number of fused-ring (bicyclic) bond motifs is 1. The van der Waals surface area contributed by atoms with Crippen molar-refractivity contribution < 1.29 is 14.7 Å². The number of aliphatic carboxylic acids is 1. The van der Waals surface area contributed by atoms with E-state index in [-0.39, 0.29) is 30.6 Å². The van der Waals surface area contributed by atoms with Gasteiger partial charge in [0.15, 0.2) is 0 Å². The number of amides is 2. The quantitative estimate of drug-likeness (QED) is 0.610. The molecule has 2 amide bonds. The first-order valence-electron chi connectivity index (χ1n) is 5.61. The number of carbonyl (C=O) groups excluding carboxylic acids is 1. The molecule has 3 N–H and O–H groups in total. The van der Waals surface area contributed by atoms with E-state index in [0.717, 1.165) is 13.1 Å². The highest BCUT2D eigenvalue weighted by Gasteiger charge is 2.44. The maximum Gasteiger partial charge on any atom is 0.315 e. The zero-order valence-electron chi connectivity index (χ0n) is 9.27. The minimum absolute atomic E-state index is 0.0907. The Morgan fingerprint density at radius 2 is 2.31 bits per heavy atom. The fourth-order valence-corrected chi connectivity index (χ4v) is 2.54. The van der Waals surface area contributed by atoms with E-state index in [0.29, 0.717) is 6.42 Å². The Balaban J connectivity index is 1.81. The molecule has 0 bridgehead atoms. The summed E-state index contributed by atoms with van der Waals surface area (Å²) in [6.45, 7) is 3.65. The van der Waals surface area contributed by atoms with Crippen LogP contribution in [-0.2, 0) is 4.79 Å². The molecule has 2 aliphatic heterocycles. The fraction of sp³-hybridized carbons (Fsp3) is 0.800. The first-order chi connectivity index (χ1) is 7.58. The molecule has 2 aliphatic rings. The summed E-state index contributed by atoms with van der Waals surface area (Å²) < 4.78 is 0. The molecule has 3 atom stereocenters. The summed E-state index contributed by atoms with van der Waals surface area (Å²) in [4.78, 5) is 23.7. The van der Waals surface area contributed by atoms with E-state index in [9.17, 15) is 9.59 Å². The number of nitrogens with zero attached hydrogens (tertiary/aromatic N) is 1. The van der Waals surface area contributed by atoms with Crippen LogP contribution in [0.25, 0.3) is 0 Å². The van der Waals surface area contributed by atoms with Crippen LogP contribution in [-0.4, -0.2) is 53.2 Å². The van der Waals surface area contributed by atoms with Gasteiger partial charge in [-0.25, -0.2) is 4.79 Å². The first kappa shape index (κ1) is 11.2. The Hall–Kier alpha value is -1.30. The number of nitrogens with one attached hydrogen (secondary N) is 2. The lowest BCUT2D eigenvalue weighted by Gasteiger charge is -2.23. The smallest absolute Gasteiger partial charge is 0.315 e. The van der Waals surface area contributed by atoms with Gasteiger partial charge < -0.3 is 15.7 Å². The van der Waals surface area contributed by atoms with Crippen LogP contribution in [0.2, 0.25) is 0 Å². The fourth-order valence-electron chi connectivity index (χ4n) is 2.54. The standard InChI is InChI=1S/C10H17N3O3/c1-6-9-7(11-10(16)12-9)5-13(6)4-2-3-8(14)15/h6-7,9H,2-5H2,1H3,(H,14,15)(H2,11,12,16)/t6-,7+,9-/m0/s1. The molecule has 16 heavy (non-hydrogen) atoms. The molecular weight excluding hydrogens is 210 g/mol. The molecule has 0 unspecified atom stereocenters. The molecule has 2 heterocycles. The van der Waals surface area contributed by atoms with Crippen LogP contribution in [0.5, 0.6) is 0 Å². The van der Waals surface area contributed by atoms with Crippen LogP contribution in [0, 0.1) is 0 Å². The van der Waals surface area contributed by atoms with E-state index in [1.54, 1.807) is 0 Å². The number of hydrogen-bond donors (Lipinski definition) is 3. The molecule has 0 saturated carbocycles. The van der Waals surface area contributed by atoms with E-state index < -0.39 is 5.97 Å². The van der Waals surface area contributed by atoms with E-state index in [1.807, 2.05) is 0 Å². The summed E-state index contributed by atoms with van der Waals surface area (Å²) in [7, 11) is 0. The summed E-state index contributed by atoms with van der Waals surface area (Å²) in [5, 5.41) is 14.3. The number of urea groups is 1. The number of carbonyl (C=O) groups is 2. The maximum atomic E-state index is 11.1. The third-order valence-electron chi connectivity index (χ3n) is 3.41. The lowest BCUT2D eigenvalue weighted by atomic mass is 10.1. The topological polar surface area (TPSA) is 81.7 Å². The number of likely N-dealkylation sites (tertiary alicyclic amines) is 1. The number of carboxylic acid groups (broad SMARTS) is 1. The zero-order chi connectivity index (χ0) is 11.7. The van der Waals surface area contributed by atoms with Crippen LogP contribution in [0.15, 0.2) is 0 Å². The summed E-state index contributed by atoms with van der Waals surface area (Å²) >= 11 is 0. The largest absolute Gasteiger partial charge is 0.481 e. The lowest BCUT2D eigenvalue weighted by Crippen LogP contribution is -2.41. The summed E-state index contributed by atoms with van der Waals surface area (Å²) in [5.74, 6) is -0.751. The Morgan fingerprint density at radius 1 is 1.56 bits per heavy atom. The Bertz CT molecular complexity index is 308. The Labute approximate surface area is 94.0 Å². The van der Waals surface area contributed by atoms with E-state index in [1.165, 1.54) is 0 Å². The number of hydrogen-bond acceptors (Lipinski definition) is 3. The average Bonchev–Trinajstić information content (AvgIpc) is 2.67. The van der Waals surface area contributed by atoms with Crippen molar-refractivity contribution in [1.29, 1.82) is 0 Å². The van der Waals surface area contributed by atoms with Crippen molar-refractivity contribution in [3.63, 3.8) is 0 Å². The molecule has 6 nitrogen and oxygen atoms in total. The first-order valence-corrected chi connectivity index (χ1v) is 5.61. The second kappa shape index (κ2) is 4.29. The number of rotatable bonds is 4. The SMILES string of the molecule is C[C@H]1[C@@H]2NC(=O)N[C@@H]2CN1CCCC(=O)O. The van der Waals surface area contributed by atoms with Gasteiger partial charge in [-0.3, -0.25) is 9.69 Å². The minimum atomic E-state index is -0.751. The predicted octanol–water partition coefficient (Wildman–Crippen LogP) is -0.395. The monoisotopic (exact) mass is 227 g/mol. The highest BCUT2D eigenvalue weighted by Crippen LogP contribution is 2.21. The second-order valence-corrected chi connectivity index (χ2v) is 4.48. The zero-order valence-corrected chi connectivity index (χ0v) is 9.27. The van der Waals surface area contributed by atoms with Crippen LogP contribution in [0.4, 0.5) is 4.79 Å². The second-order valence-electron chi connectivity index (χ2n) is 4.48. The Kier molecular flexibility index (Phi) is 3.00. The molecular formula is C10H17N3O3. The van der Waals surface area contributed by atoms with Gasteiger partial charge in [-0.05, 0) is 19.9 Å². The predicted molar refractivity (Wildman–Crippen MR) is 57.1 cm³/mol. The highest BCUT2D eigenvalue weighted by atomic mass is 16.4. The van der Waals surface area contributed by atoms with Crippen molar-refractivity contribution in [3.05, 3.63) is 0 Å². The highest BCUT2D eigenvalue weighted by molar-refractivity contribution is 5.77. The van der Waals surface area contributed by atoms with Crippen molar-refractivity contribution in [2.75, 3.05) is 13.1 Å². The summed E-state index contributed by atoms with van der Waals surface area (Å²) in [5.41, 5.74) is 0. The van der Waals surface area contributed by atoms with Gasteiger partial charge >= 0.3 is 12.0 Å². The minimum Gasteiger partial charge on any atom is -0.481 e. The van der Waals surface area contributed by atoms with E-state index in [2.05, 4.69) is 22.5 Å². The molecule has 0 aromatic carbocycles. The van der Waals surface area contributed by atoms with Crippen LogP contribution >= 0.6 is 0 Å². The van der Waals surface area contributed by atoms with E-state index >= 15 is 0 Å². The van der Waals surface area contributed by atoms with Gasteiger partial charge in [0, 0.05) is 19.0 Å². The van der Waals surface area contributed by atoms with Crippen molar-refractivity contribution in [1.82, 2.24) is 15.5 Å². The van der Waals surface area contributed by atoms with Gasteiger partial charge in [0.05, 0.1) is 12.1 Å². The van der Waals surface area contributed by atoms with Crippen molar-refractivity contribution in [2.45, 2.75) is 37.9 Å². The number of carboxylic acids is 1. The lowest BCUT2D eigenvalue weighted by molar-refractivity contribution is -0.137. The van der Waals surface area contributed by atoms with E-state index in [4.69, 9.17) is 5.11 Å². The molecule has 6 heteroatoms. The molecule has 0 radical (unpaired) electrons. The summed E-state index contributed by atoms with van der Waals surface area (Å²) in [6.07, 6.45) is 0.866.